The van der Waals surface area contributed by atoms with Crippen LogP contribution in [0.1, 0.15) is 6.92 Å². The second-order valence-corrected chi connectivity index (χ2v) is 4.67. The van der Waals surface area contributed by atoms with E-state index in [4.69, 9.17) is 0 Å². The summed E-state index contributed by atoms with van der Waals surface area (Å²) in [6, 6.07) is 0. The SMILES string of the molecule is C=CC(=O)OC(=C)C(C)CS(=O)(=O)OC. The van der Waals surface area contributed by atoms with E-state index in [-0.39, 0.29) is 11.5 Å². The molecule has 0 saturated carbocycles. The van der Waals surface area contributed by atoms with Crippen LogP contribution in [0, 0.1) is 5.92 Å². The minimum atomic E-state index is -3.58. The smallest absolute Gasteiger partial charge is 0.335 e. The topological polar surface area (TPSA) is 69.7 Å². The highest BCUT2D eigenvalue weighted by Gasteiger charge is 2.19. The van der Waals surface area contributed by atoms with Gasteiger partial charge in [0.25, 0.3) is 10.1 Å². The molecule has 0 spiro atoms. The van der Waals surface area contributed by atoms with Crippen LogP contribution in [0.5, 0.6) is 0 Å². The van der Waals surface area contributed by atoms with Crippen LogP contribution >= 0.6 is 0 Å². The average molecular weight is 234 g/mol. The number of ether oxygens (including phenoxy) is 1. The van der Waals surface area contributed by atoms with Gasteiger partial charge in [0.2, 0.25) is 0 Å². The second-order valence-electron chi connectivity index (χ2n) is 2.88. The molecule has 0 N–H and O–H groups in total. The van der Waals surface area contributed by atoms with Crippen molar-refractivity contribution in [1.29, 1.82) is 0 Å². The van der Waals surface area contributed by atoms with Crippen molar-refractivity contribution < 1.29 is 22.1 Å². The highest BCUT2D eigenvalue weighted by Crippen LogP contribution is 2.13. The molecule has 0 aliphatic heterocycles. The number of hydrogen-bond acceptors (Lipinski definition) is 5. The molecular weight excluding hydrogens is 220 g/mol. The van der Waals surface area contributed by atoms with Crippen LogP contribution in [0.3, 0.4) is 0 Å². The molecule has 15 heavy (non-hydrogen) atoms. The summed E-state index contributed by atoms with van der Waals surface area (Å²) in [7, 11) is -2.51. The third-order valence-electron chi connectivity index (χ3n) is 1.66. The van der Waals surface area contributed by atoms with Crippen molar-refractivity contribution in [3.05, 3.63) is 25.0 Å². The molecule has 6 heteroatoms. The minimum Gasteiger partial charge on any atom is -0.428 e. The normalized spacial score (nSPS) is 12.9. The number of rotatable bonds is 6. The van der Waals surface area contributed by atoms with Crippen molar-refractivity contribution in [3.8, 4) is 0 Å². The Morgan fingerprint density at radius 1 is 1.53 bits per heavy atom. The predicted octanol–water partition coefficient (Wildman–Crippen LogP) is 0.842. The van der Waals surface area contributed by atoms with Crippen LogP contribution in [0.25, 0.3) is 0 Å². The zero-order valence-corrected chi connectivity index (χ0v) is 9.54. The molecule has 0 radical (unpaired) electrons. The quantitative estimate of drug-likeness (QED) is 0.295. The minimum absolute atomic E-state index is 0.0699. The summed E-state index contributed by atoms with van der Waals surface area (Å²) >= 11 is 0. The van der Waals surface area contributed by atoms with Crippen LogP contribution in [-0.4, -0.2) is 27.2 Å². The van der Waals surface area contributed by atoms with Gasteiger partial charge in [0, 0.05) is 12.0 Å². The maximum atomic E-state index is 11.0. The first kappa shape index (κ1) is 13.9. The van der Waals surface area contributed by atoms with E-state index in [2.05, 4.69) is 22.1 Å². The zero-order valence-electron chi connectivity index (χ0n) is 8.73. The Morgan fingerprint density at radius 2 is 2.07 bits per heavy atom. The van der Waals surface area contributed by atoms with Crippen LogP contribution in [-0.2, 0) is 23.8 Å². The van der Waals surface area contributed by atoms with E-state index in [1.807, 2.05) is 0 Å². The standard InChI is InChI=1S/C9H14O5S/c1-5-9(10)14-8(3)7(2)6-15(11,12)13-4/h5,7H,1,3,6H2,2,4H3. The maximum absolute atomic E-state index is 11.0. The van der Waals surface area contributed by atoms with E-state index in [9.17, 15) is 13.2 Å². The molecule has 1 unspecified atom stereocenters. The molecule has 0 aromatic heterocycles. The lowest BCUT2D eigenvalue weighted by atomic mass is 10.2. The first-order valence-electron chi connectivity index (χ1n) is 4.13. The van der Waals surface area contributed by atoms with Crippen molar-refractivity contribution in [2.24, 2.45) is 5.92 Å². The van der Waals surface area contributed by atoms with E-state index in [0.717, 1.165) is 13.2 Å². The van der Waals surface area contributed by atoms with Gasteiger partial charge >= 0.3 is 5.97 Å². The van der Waals surface area contributed by atoms with Crippen LogP contribution in [0.15, 0.2) is 25.0 Å². The first-order chi connectivity index (χ1) is 6.82. The summed E-state index contributed by atoms with van der Waals surface area (Å²) in [6.07, 6.45) is 0.975. The Balaban J connectivity index is 4.35. The van der Waals surface area contributed by atoms with Gasteiger partial charge in [-0.05, 0) is 0 Å². The molecule has 1 atom stereocenters. The Hall–Kier alpha value is -1.14. The lowest BCUT2D eigenvalue weighted by molar-refractivity contribution is -0.134. The lowest BCUT2D eigenvalue weighted by Crippen LogP contribution is -2.18. The van der Waals surface area contributed by atoms with Crippen molar-refractivity contribution in [1.82, 2.24) is 0 Å². The highest BCUT2D eigenvalue weighted by atomic mass is 32.2. The Bertz CT molecular complexity index is 355. The molecule has 0 aliphatic carbocycles. The molecule has 0 heterocycles. The first-order valence-corrected chi connectivity index (χ1v) is 5.71. The average Bonchev–Trinajstić information content (AvgIpc) is 2.16. The van der Waals surface area contributed by atoms with Crippen LogP contribution in [0.2, 0.25) is 0 Å². The van der Waals surface area contributed by atoms with Crippen LogP contribution < -0.4 is 0 Å². The molecule has 0 aromatic carbocycles. The zero-order chi connectivity index (χ0) is 12.1. The number of hydrogen-bond donors (Lipinski definition) is 0. The number of allylic oxidation sites excluding steroid dienone is 1. The summed E-state index contributed by atoms with van der Waals surface area (Å²) in [5, 5.41) is 0. The summed E-state index contributed by atoms with van der Waals surface area (Å²) in [6.45, 7) is 8.22. The van der Waals surface area contributed by atoms with Gasteiger partial charge < -0.3 is 4.74 Å². The van der Waals surface area contributed by atoms with Crippen molar-refractivity contribution >= 4 is 16.1 Å². The van der Waals surface area contributed by atoms with Crippen molar-refractivity contribution in [3.63, 3.8) is 0 Å². The van der Waals surface area contributed by atoms with Crippen molar-refractivity contribution in [2.75, 3.05) is 12.9 Å². The van der Waals surface area contributed by atoms with Gasteiger partial charge in [-0.2, -0.15) is 8.42 Å². The number of carbonyl (C=O) groups is 1. The van der Waals surface area contributed by atoms with Gasteiger partial charge in [-0.15, -0.1) is 0 Å². The Labute approximate surface area is 89.5 Å². The van der Waals surface area contributed by atoms with E-state index in [1.54, 1.807) is 6.92 Å². The van der Waals surface area contributed by atoms with Gasteiger partial charge in [-0.3, -0.25) is 4.18 Å². The summed E-state index contributed by atoms with van der Waals surface area (Å²) in [4.78, 5) is 10.8. The van der Waals surface area contributed by atoms with E-state index in [0.29, 0.717) is 0 Å². The fourth-order valence-corrected chi connectivity index (χ4v) is 1.67. The largest absolute Gasteiger partial charge is 0.428 e. The van der Waals surface area contributed by atoms with Gasteiger partial charge in [-0.25, -0.2) is 4.79 Å². The van der Waals surface area contributed by atoms with Gasteiger partial charge in [-0.1, -0.05) is 20.1 Å². The fourth-order valence-electron chi connectivity index (χ4n) is 0.739. The summed E-state index contributed by atoms with van der Waals surface area (Å²) < 4.78 is 31.0. The molecule has 0 aliphatic rings. The summed E-state index contributed by atoms with van der Waals surface area (Å²) in [5.41, 5.74) is 0. The molecule has 5 nitrogen and oxygen atoms in total. The predicted molar refractivity (Wildman–Crippen MR) is 55.4 cm³/mol. The second kappa shape index (κ2) is 5.67. The third kappa shape index (κ3) is 5.34. The Morgan fingerprint density at radius 3 is 2.47 bits per heavy atom. The molecule has 0 rings (SSSR count). The lowest BCUT2D eigenvalue weighted by Gasteiger charge is -2.12. The van der Waals surface area contributed by atoms with E-state index < -0.39 is 22.0 Å². The van der Waals surface area contributed by atoms with E-state index in [1.165, 1.54) is 0 Å². The number of carbonyl (C=O) groups excluding carboxylic acids is 1. The monoisotopic (exact) mass is 234 g/mol. The molecule has 0 aromatic rings. The highest BCUT2D eigenvalue weighted by molar-refractivity contribution is 7.86. The molecule has 0 amide bonds. The molecular formula is C9H14O5S. The summed E-state index contributed by atoms with van der Waals surface area (Å²) in [5.74, 6) is -1.41. The molecule has 0 bridgehead atoms. The van der Waals surface area contributed by atoms with Gasteiger partial charge in [0.1, 0.15) is 5.76 Å². The fraction of sp³-hybridized carbons (Fsp3) is 0.444. The number of esters is 1. The molecule has 0 saturated heterocycles. The molecule has 86 valence electrons. The van der Waals surface area contributed by atoms with Gasteiger partial charge in [0.15, 0.2) is 0 Å². The maximum Gasteiger partial charge on any atom is 0.335 e. The molecule has 0 fully saturated rings. The van der Waals surface area contributed by atoms with Crippen molar-refractivity contribution in [2.45, 2.75) is 6.92 Å². The Kier molecular flexibility index (Phi) is 5.24. The third-order valence-corrected chi connectivity index (χ3v) is 3.07. The van der Waals surface area contributed by atoms with E-state index >= 15 is 0 Å². The van der Waals surface area contributed by atoms with Gasteiger partial charge in [0.05, 0.1) is 12.9 Å². The van der Waals surface area contributed by atoms with Crippen LogP contribution in [0.4, 0.5) is 0 Å².